The summed E-state index contributed by atoms with van der Waals surface area (Å²) >= 11 is 1.79. The van der Waals surface area contributed by atoms with E-state index in [4.69, 9.17) is 14.5 Å². The fourth-order valence-electron chi connectivity index (χ4n) is 3.20. The maximum absolute atomic E-state index is 5.83. The summed E-state index contributed by atoms with van der Waals surface area (Å²) in [6.07, 6.45) is 4.10. The molecule has 0 saturated heterocycles. The number of hydrogen-bond donors (Lipinski definition) is 2. The van der Waals surface area contributed by atoms with Gasteiger partial charge in [-0.25, -0.2) is 0 Å². The number of aliphatic imine (C=N–C) groups is 1. The molecule has 2 aromatic rings. The van der Waals surface area contributed by atoms with Crippen LogP contribution in [0.5, 0.6) is 11.5 Å². The van der Waals surface area contributed by atoms with E-state index in [1.807, 2.05) is 18.2 Å². The minimum absolute atomic E-state index is 0. The maximum atomic E-state index is 5.83. The molecular weight excluding hydrogens is 535 g/mol. The summed E-state index contributed by atoms with van der Waals surface area (Å²) in [5.41, 5.74) is 0.950. The van der Waals surface area contributed by atoms with Gasteiger partial charge in [-0.1, -0.05) is 6.07 Å². The molecule has 1 aliphatic heterocycles. The van der Waals surface area contributed by atoms with Gasteiger partial charge in [0.05, 0.1) is 13.2 Å². The Labute approximate surface area is 213 Å². The van der Waals surface area contributed by atoms with Crippen molar-refractivity contribution in [1.82, 2.24) is 10.2 Å². The van der Waals surface area contributed by atoms with Crippen molar-refractivity contribution >= 4 is 47.0 Å². The second kappa shape index (κ2) is 14.6. The predicted octanol–water partition coefficient (Wildman–Crippen LogP) is 5.25. The number of fused-ring (bicyclic) bond motifs is 1. The average molecular weight is 573 g/mol. The lowest BCUT2D eigenvalue weighted by Crippen LogP contribution is -2.32. The Morgan fingerprint density at radius 1 is 1.16 bits per heavy atom. The molecule has 8 heteroatoms. The molecule has 0 saturated carbocycles. The minimum atomic E-state index is 0. The Kier molecular flexibility index (Phi) is 12.2. The first-order valence-corrected chi connectivity index (χ1v) is 12.2. The molecule has 2 heterocycles. The van der Waals surface area contributed by atoms with E-state index in [-0.39, 0.29) is 24.0 Å². The maximum Gasteiger partial charge on any atom is 0.195 e. The third-order valence-electron chi connectivity index (χ3n) is 5.32. The molecule has 0 atom stereocenters. The van der Waals surface area contributed by atoms with Gasteiger partial charge in [-0.3, -0.25) is 4.99 Å². The summed E-state index contributed by atoms with van der Waals surface area (Å²) in [5, 5.41) is 9.04. The highest BCUT2D eigenvalue weighted by Crippen LogP contribution is 2.32. The van der Waals surface area contributed by atoms with Gasteiger partial charge in [0.2, 0.25) is 0 Å². The SMILES string of the molecule is CC(C)N(C)CCCCN=C(NCCc1cccs1)Nc1ccc2c(c1)OCCCO2.I. The fourth-order valence-corrected chi connectivity index (χ4v) is 3.91. The van der Waals surface area contributed by atoms with Gasteiger partial charge in [0, 0.05) is 42.2 Å². The van der Waals surface area contributed by atoms with Crippen LogP contribution in [0.3, 0.4) is 0 Å². The highest BCUT2D eigenvalue weighted by atomic mass is 127. The topological polar surface area (TPSA) is 58.1 Å². The van der Waals surface area contributed by atoms with Gasteiger partial charge >= 0.3 is 0 Å². The van der Waals surface area contributed by atoms with Gasteiger partial charge in [0.25, 0.3) is 0 Å². The smallest absolute Gasteiger partial charge is 0.195 e. The number of thiophene rings is 1. The van der Waals surface area contributed by atoms with Crippen LogP contribution in [-0.4, -0.2) is 56.8 Å². The fraction of sp³-hybridized carbons (Fsp3) is 0.542. The third-order valence-corrected chi connectivity index (χ3v) is 6.26. The number of hydrogen-bond acceptors (Lipinski definition) is 5. The van der Waals surface area contributed by atoms with Crippen molar-refractivity contribution in [1.29, 1.82) is 0 Å². The Morgan fingerprint density at radius 2 is 1.97 bits per heavy atom. The highest BCUT2D eigenvalue weighted by Gasteiger charge is 2.11. The van der Waals surface area contributed by atoms with Crippen molar-refractivity contribution in [2.45, 2.75) is 45.6 Å². The largest absolute Gasteiger partial charge is 0.490 e. The van der Waals surface area contributed by atoms with Crippen molar-refractivity contribution in [3.05, 3.63) is 40.6 Å². The van der Waals surface area contributed by atoms with E-state index in [2.05, 4.69) is 53.9 Å². The van der Waals surface area contributed by atoms with E-state index < -0.39 is 0 Å². The monoisotopic (exact) mass is 572 g/mol. The molecule has 3 rings (SSSR count). The lowest BCUT2D eigenvalue weighted by atomic mass is 10.2. The Morgan fingerprint density at radius 3 is 2.72 bits per heavy atom. The molecule has 0 unspecified atom stereocenters. The van der Waals surface area contributed by atoms with E-state index in [1.54, 1.807) is 11.3 Å². The number of rotatable bonds is 10. The van der Waals surface area contributed by atoms with Crippen LogP contribution in [-0.2, 0) is 6.42 Å². The number of nitrogens with one attached hydrogen (secondary N) is 2. The highest BCUT2D eigenvalue weighted by molar-refractivity contribution is 14.0. The van der Waals surface area contributed by atoms with E-state index in [0.29, 0.717) is 19.3 Å². The van der Waals surface area contributed by atoms with Crippen LogP contribution in [0.15, 0.2) is 40.7 Å². The number of unbranched alkanes of at least 4 members (excludes halogenated alkanes) is 1. The second-order valence-corrected chi connectivity index (χ2v) is 9.14. The number of guanidine groups is 1. The molecule has 1 aromatic carbocycles. The lowest BCUT2D eigenvalue weighted by Gasteiger charge is -2.20. The molecule has 0 amide bonds. The van der Waals surface area contributed by atoms with E-state index in [1.165, 1.54) is 4.88 Å². The summed E-state index contributed by atoms with van der Waals surface area (Å²) in [4.78, 5) is 8.57. The summed E-state index contributed by atoms with van der Waals surface area (Å²) in [6, 6.07) is 10.8. The van der Waals surface area contributed by atoms with E-state index in [0.717, 1.165) is 68.5 Å². The summed E-state index contributed by atoms with van der Waals surface area (Å²) in [5.74, 6) is 2.40. The third kappa shape index (κ3) is 9.15. The molecule has 0 radical (unpaired) electrons. The van der Waals surface area contributed by atoms with Crippen LogP contribution in [0.2, 0.25) is 0 Å². The van der Waals surface area contributed by atoms with Gasteiger partial charge in [-0.2, -0.15) is 0 Å². The zero-order valence-corrected chi connectivity index (χ0v) is 22.6. The quantitative estimate of drug-likeness (QED) is 0.176. The zero-order valence-electron chi connectivity index (χ0n) is 19.4. The molecule has 0 spiro atoms. The van der Waals surface area contributed by atoms with E-state index in [9.17, 15) is 0 Å². The number of halogens is 1. The van der Waals surface area contributed by atoms with Crippen LogP contribution in [0, 0.1) is 0 Å². The average Bonchev–Trinajstić information content (AvgIpc) is 3.16. The predicted molar refractivity (Wildman–Crippen MR) is 146 cm³/mol. The van der Waals surface area contributed by atoms with Crippen molar-refractivity contribution in [2.75, 3.05) is 45.2 Å². The lowest BCUT2D eigenvalue weighted by molar-refractivity contribution is 0.269. The Hall–Kier alpha value is -1.52. The molecule has 32 heavy (non-hydrogen) atoms. The number of benzene rings is 1. The van der Waals surface area contributed by atoms with Crippen molar-refractivity contribution in [2.24, 2.45) is 4.99 Å². The van der Waals surface area contributed by atoms with Gasteiger partial charge < -0.3 is 25.0 Å². The van der Waals surface area contributed by atoms with Gasteiger partial charge in [-0.05, 0) is 70.3 Å². The van der Waals surface area contributed by atoms with Crippen LogP contribution in [0.25, 0.3) is 0 Å². The summed E-state index contributed by atoms with van der Waals surface area (Å²) in [6.45, 7) is 8.58. The van der Waals surface area contributed by atoms with E-state index >= 15 is 0 Å². The van der Waals surface area contributed by atoms with Crippen molar-refractivity contribution in [3.8, 4) is 11.5 Å². The summed E-state index contributed by atoms with van der Waals surface area (Å²) in [7, 11) is 2.18. The van der Waals surface area contributed by atoms with Crippen LogP contribution < -0.4 is 20.1 Å². The zero-order chi connectivity index (χ0) is 21.9. The van der Waals surface area contributed by atoms with Crippen molar-refractivity contribution < 1.29 is 9.47 Å². The first kappa shape index (κ1) is 26.7. The van der Waals surface area contributed by atoms with Crippen LogP contribution >= 0.6 is 35.3 Å². The second-order valence-electron chi connectivity index (χ2n) is 8.10. The van der Waals surface area contributed by atoms with Crippen LogP contribution in [0.4, 0.5) is 5.69 Å². The normalized spacial score (nSPS) is 13.6. The molecule has 0 fully saturated rings. The molecular formula is C24H37IN4O2S. The molecule has 0 bridgehead atoms. The first-order chi connectivity index (χ1) is 15.1. The van der Waals surface area contributed by atoms with Gasteiger partial charge in [0.1, 0.15) is 0 Å². The molecule has 1 aromatic heterocycles. The Bertz CT molecular complexity index is 814. The van der Waals surface area contributed by atoms with Crippen molar-refractivity contribution in [3.63, 3.8) is 0 Å². The van der Waals surface area contributed by atoms with Crippen LogP contribution in [0.1, 0.15) is 38.0 Å². The molecule has 2 N–H and O–H groups in total. The minimum Gasteiger partial charge on any atom is -0.490 e. The van der Waals surface area contributed by atoms with Gasteiger partial charge in [-0.15, -0.1) is 35.3 Å². The molecule has 178 valence electrons. The summed E-state index contributed by atoms with van der Waals surface area (Å²) < 4.78 is 11.6. The molecule has 1 aliphatic rings. The number of anilines is 1. The van der Waals surface area contributed by atoms with Gasteiger partial charge in [0.15, 0.2) is 17.5 Å². The molecule has 0 aliphatic carbocycles. The number of nitrogens with zero attached hydrogens (tertiary/aromatic N) is 2. The Balaban J connectivity index is 0.00000363. The standard InChI is InChI=1S/C24H36N4O2S.HI/c1-19(2)28(3)14-5-4-12-25-24(26-13-11-21-8-6-17-31-21)27-20-9-10-22-23(18-20)30-16-7-15-29-22;/h6,8-10,17-19H,4-5,7,11-16H2,1-3H3,(H2,25,26,27);1H. The number of ether oxygens (including phenoxy) is 2. The first-order valence-electron chi connectivity index (χ1n) is 11.3. The molecule has 6 nitrogen and oxygen atoms in total.